The van der Waals surface area contributed by atoms with E-state index in [9.17, 15) is 22.8 Å². The molecule has 0 unspecified atom stereocenters. The second-order valence-electron chi connectivity index (χ2n) is 7.41. The second kappa shape index (κ2) is 14.1. The number of alkyl halides is 3. The number of carboxylic acid groups (broad SMARTS) is 1. The molecule has 1 aromatic heterocycles. The number of hydrogen-bond donors (Lipinski definition) is 1. The molecule has 0 saturated heterocycles. The zero-order chi connectivity index (χ0) is 21.5. The number of unbranched alkanes of at least 4 members (excludes halogenated alkanes) is 10. The lowest BCUT2D eigenvalue weighted by Gasteiger charge is -2.05. The average molecular weight is 416 g/mol. The Kier molecular flexibility index (Phi) is 12.1. The molecule has 0 amide bonds. The first-order valence-corrected chi connectivity index (χ1v) is 10.4. The van der Waals surface area contributed by atoms with Gasteiger partial charge in [-0.25, -0.2) is 9.97 Å². The summed E-state index contributed by atoms with van der Waals surface area (Å²) in [4.78, 5) is 28.8. The van der Waals surface area contributed by atoms with Gasteiger partial charge in [-0.05, 0) is 18.4 Å². The van der Waals surface area contributed by atoms with E-state index in [-0.39, 0.29) is 18.6 Å². The van der Waals surface area contributed by atoms with Gasteiger partial charge in [0.1, 0.15) is 5.78 Å². The summed E-state index contributed by atoms with van der Waals surface area (Å²) in [6, 6.07) is 0. The standard InChI is InChI=1S/C21H31F3N2O3/c22-21(23,24)20-25-15-17(16-26-20)14-18(27)12-10-8-6-4-2-1-3-5-7-9-11-13-19(28)29/h15-16H,1-14H2,(H,28,29). The normalized spacial score (nSPS) is 11.6. The molecule has 0 aromatic carbocycles. The van der Waals surface area contributed by atoms with Crippen molar-refractivity contribution in [3.05, 3.63) is 23.8 Å². The number of carbonyl (C=O) groups is 2. The van der Waals surface area contributed by atoms with Crippen molar-refractivity contribution in [1.82, 2.24) is 9.97 Å². The number of ketones is 1. The molecule has 1 N–H and O–H groups in total. The third kappa shape index (κ3) is 13.0. The zero-order valence-electron chi connectivity index (χ0n) is 16.8. The molecule has 1 aromatic rings. The van der Waals surface area contributed by atoms with Gasteiger partial charge in [0.05, 0.1) is 0 Å². The minimum atomic E-state index is -4.56. The summed E-state index contributed by atoms with van der Waals surface area (Å²) in [5, 5.41) is 8.55. The summed E-state index contributed by atoms with van der Waals surface area (Å²) in [6.45, 7) is 0. The molecule has 8 heteroatoms. The predicted molar refractivity (Wildman–Crippen MR) is 103 cm³/mol. The highest BCUT2D eigenvalue weighted by molar-refractivity contribution is 5.80. The van der Waals surface area contributed by atoms with Gasteiger partial charge in [-0.2, -0.15) is 13.2 Å². The van der Waals surface area contributed by atoms with Crippen LogP contribution >= 0.6 is 0 Å². The van der Waals surface area contributed by atoms with E-state index in [2.05, 4.69) is 9.97 Å². The van der Waals surface area contributed by atoms with Crippen LogP contribution in [-0.4, -0.2) is 26.8 Å². The lowest BCUT2D eigenvalue weighted by atomic mass is 10.0. The van der Waals surface area contributed by atoms with Crippen molar-refractivity contribution in [2.45, 2.75) is 96.1 Å². The molecule has 1 heterocycles. The van der Waals surface area contributed by atoms with Crippen LogP contribution in [0, 0.1) is 0 Å². The topological polar surface area (TPSA) is 80.1 Å². The highest BCUT2D eigenvalue weighted by Crippen LogP contribution is 2.25. The smallest absolute Gasteiger partial charge is 0.451 e. The minimum Gasteiger partial charge on any atom is -0.481 e. The third-order valence-electron chi connectivity index (χ3n) is 4.71. The van der Waals surface area contributed by atoms with E-state index >= 15 is 0 Å². The first kappa shape index (κ1) is 25.0. The van der Waals surface area contributed by atoms with Crippen LogP contribution in [-0.2, 0) is 22.2 Å². The number of rotatable bonds is 16. The molecule has 0 bridgehead atoms. The van der Waals surface area contributed by atoms with Gasteiger partial charge in [0.2, 0.25) is 5.82 Å². The molecule has 0 spiro atoms. The van der Waals surface area contributed by atoms with Crippen molar-refractivity contribution in [2.24, 2.45) is 0 Å². The van der Waals surface area contributed by atoms with Crippen LogP contribution in [0.25, 0.3) is 0 Å². The van der Waals surface area contributed by atoms with E-state index in [0.717, 1.165) is 63.8 Å². The Bertz CT molecular complexity index is 604. The summed E-state index contributed by atoms with van der Waals surface area (Å²) in [5.41, 5.74) is 0.408. The first-order valence-electron chi connectivity index (χ1n) is 10.4. The van der Waals surface area contributed by atoms with Gasteiger partial charge in [0.25, 0.3) is 0 Å². The van der Waals surface area contributed by atoms with Crippen LogP contribution in [0.4, 0.5) is 13.2 Å². The van der Waals surface area contributed by atoms with Gasteiger partial charge in [0.15, 0.2) is 0 Å². The fraction of sp³-hybridized carbons (Fsp3) is 0.714. The molecular formula is C21H31F3N2O3. The molecule has 0 radical (unpaired) electrons. The van der Waals surface area contributed by atoms with E-state index in [1.54, 1.807) is 0 Å². The SMILES string of the molecule is O=C(O)CCCCCCCCCCCCCC(=O)Cc1cnc(C(F)(F)F)nc1. The van der Waals surface area contributed by atoms with Crippen molar-refractivity contribution >= 4 is 11.8 Å². The Labute approximate surface area is 170 Å². The van der Waals surface area contributed by atoms with E-state index < -0.39 is 18.0 Å². The van der Waals surface area contributed by atoms with Crippen LogP contribution in [0.2, 0.25) is 0 Å². The molecule has 0 atom stereocenters. The predicted octanol–water partition coefficient (Wildman–Crippen LogP) is 5.76. The Morgan fingerprint density at radius 3 is 1.59 bits per heavy atom. The maximum Gasteiger partial charge on any atom is 0.451 e. The van der Waals surface area contributed by atoms with Gasteiger partial charge in [-0.1, -0.05) is 57.8 Å². The van der Waals surface area contributed by atoms with Crippen molar-refractivity contribution in [2.75, 3.05) is 0 Å². The number of halogens is 3. The van der Waals surface area contributed by atoms with E-state index in [1.165, 1.54) is 19.3 Å². The van der Waals surface area contributed by atoms with Gasteiger partial charge < -0.3 is 5.11 Å². The molecule has 164 valence electrons. The Morgan fingerprint density at radius 2 is 1.17 bits per heavy atom. The van der Waals surface area contributed by atoms with Crippen molar-refractivity contribution in [1.29, 1.82) is 0 Å². The summed E-state index contributed by atoms with van der Waals surface area (Å²) in [6.07, 6.45) is 9.87. The van der Waals surface area contributed by atoms with Gasteiger partial charge >= 0.3 is 12.1 Å². The molecule has 5 nitrogen and oxygen atoms in total. The number of hydrogen-bond acceptors (Lipinski definition) is 4. The highest BCUT2D eigenvalue weighted by Gasteiger charge is 2.34. The number of Topliss-reactive ketones (excluding diaryl/α,β-unsaturated/α-hetero) is 1. The minimum absolute atomic E-state index is 0.00347. The summed E-state index contributed by atoms with van der Waals surface area (Å²) in [5.74, 6) is -1.91. The fourth-order valence-corrected chi connectivity index (χ4v) is 3.10. The molecule has 0 aliphatic carbocycles. The van der Waals surface area contributed by atoms with Crippen LogP contribution in [0.15, 0.2) is 12.4 Å². The van der Waals surface area contributed by atoms with Crippen molar-refractivity contribution < 1.29 is 27.9 Å². The lowest BCUT2D eigenvalue weighted by Crippen LogP contribution is -2.12. The quantitative estimate of drug-likeness (QED) is 0.346. The van der Waals surface area contributed by atoms with Gasteiger partial charge in [0, 0.05) is 31.7 Å². The lowest BCUT2D eigenvalue weighted by molar-refractivity contribution is -0.145. The van der Waals surface area contributed by atoms with Crippen LogP contribution < -0.4 is 0 Å². The van der Waals surface area contributed by atoms with Gasteiger partial charge in [-0.3, -0.25) is 9.59 Å². The summed E-state index contributed by atoms with van der Waals surface area (Å²) in [7, 11) is 0. The molecule has 0 saturated carbocycles. The maximum atomic E-state index is 12.4. The van der Waals surface area contributed by atoms with E-state index in [4.69, 9.17) is 5.11 Å². The fourth-order valence-electron chi connectivity index (χ4n) is 3.10. The van der Waals surface area contributed by atoms with E-state index in [0.29, 0.717) is 12.0 Å². The highest BCUT2D eigenvalue weighted by atomic mass is 19.4. The second-order valence-corrected chi connectivity index (χ2v) is 7.41. The summed E-state index contributed by atoms with van der Waals surface area (Å²) < 4.78 is 37.2. The maximum absolute atomic E-state index is 12.4. The number of carbonyl (C=O) groups excluding carboxylic acids is 1. The molecule has 0 aliphatic heterocycles. The number of nitrogens with zero attached hydrogens (tertiary/aromatic N) is 2. The van der Waals surface area contributed by atoms with Crippen molar-refractivity contribution in [3.63, 3.8) is 0 Å². The molecule has 0 aliphatic rings. The Hall–Kier alpha value is -1.99. The zero-order valence-corrected chi connectivity index (χ0v) is 16.8. The largest absolute Gasteiger partial charge is 0.481 e. The average Bonchev–Trinajstić information content (AvgIpc) is 2.65. The monoisotopic (exact) mass is 416 g/mol. The summed E-state index contributed by atoms with van der Waals surface area (Å²) >= 11 is 0. The third-order valence-corrected chi connectivity index (χ3v) is 4.71. The Morgan fingerprint density at radius 1 is 0.759 bits per heavy atom. The number of aromatic nitrogens is 2. The van der Waals surface area contributed by atoms with Crippen molar-refractivity contribution in [3.8, 4) is 0 Å². The van der Waals surface area contributed by atoms with Crippen LogP contribution in [0.3, 0.4) is 0 Å². The first-order chi connectivity index (χ1) is 13.8. The van der Waals surface area contributed by atoms with Crippen LogP contribution in [0.5, 0.6) is 0 Å². The van der Waals surface area contributed by atoms with Gasteiger partial charge in [-0.15, -0.1) is 0 Å². The Balaban J connectivity index is 1.96. The molecule has 1 rings (SSSR count). The number of carboxylic acids is 1. The molecule has 0 fully saturated rings. The molecular weight excluding hydrogens is 385 g/mol. The van der Waals surface area contributed by atoms with Crippen LogP contribution in [0.1, 0.15) is 94.9 Å². The van der Waals surface area contributed by atoms with E-state index in [1.807, 2.05) is 0 Å². The number of aliphatic carboxylic acids is 1. The molecule has 29 heavy (non-hydrogen) atoms.